The Hall–Kier alpha value is -3.26. The number of nitrogens with zero attached hydrogens (tertiary/aromatic N) is 2. The molecular weight excluding hydrogens is 801 g/mol. The molecule has 0 amide bonds. The zero-order chi connectivity index (χ0) is 38.1. The fourth-order valence-electron chi connectivity index (χ4n) is 5.02. The van der Waals surface area contributed by atoms with Crippen LogP contribution in [0, 0.1) is 58.8 Å². The Kier molecular flexibility index (Phi) is 12.8. The van der Waals surface area contributed by atoms with Crippen LogP contribution in [0.5, 0.6) is 0 Å². The molecule has 0 saturated heterocycles. The van der Waals surface area contributed by atoms with E-state index in [1.165, 1.54) is 13.8 Å². The molecule has 1 heterocycles. The van der Waals surface area contributed by atoms with Crippen molar-refractivity contribution in [2.45, 2.75) is 53.4 Å². The summed E-state index contributed by atoms with van der Waals surface area (Å²) < 4.78 is 143. The highest BCUT2D eigenvalue weighted by molar-refractivity contribution is 9.10. The molecule has 18 heteroatoms. The zero-order valence-electron chi connectivity index (χ0n) is 26.2. The van der Waals surface area contributed by atoms with E-state index in [0.29, 0.717) is 16.7 Å². The minimum absolute atomic E-state index is 0.0978. The molecule has 272 valence electrons. The molecule has 1 aromatic heterocycles. The number of rotatable bonds is 8. The number of nitriles is 1. The molecule has 2 aromatic carbocycles. The number of alkyl halides is 6. The predicted octanol–water partition coefficient (Wildman–Crippen LogP) is 11.0. The molecule has 2 unspecified atom stereocenters. The number of halogens is 13. The quantitative estimate of drug-likeness (QED) is 0.129. The van der Waals surface area contributed by atoms with Crippen LogP contribution < -0.4 is 0 Å². The van der Waals surface area contributed by atoms with Crippen LogP contribution in [0.4, 0.5) is 43.9 Å². The molecule has 5 nitrogen and oxygen atoms in total. The van der Waals surface area contributed by atoms with E-state index in [-0.39, 0.29) is 29.1 Å². The first kappa shape index (κ1) is 41.2. The fourth-order valence-corrected chi connectivity index (χ4v) is 6.00. The second kappa shape index (κ2) is 15.5. The lowest BCUT2D eigenvalue weighted by molar-refractivity contribution is -0.148. The third-order valence-corrected chi connectivity index (χ3v) is 9.18. The van der Waals surface area contributed by atoms with Crippen molar-refractivity contribution in [2.24, 2.45) is 17.3 Å². The maximum Gasteiger partial charge on any atom is 0.432 e. The van der Waals surface area contributed by atoms with Gasteiger partial charge in [-0.3, -0.25) is 4.79 Å². The van der Waals surface area contributed by atoms with Crippen LogP contribution >= 0.6 is 39.1 Å². The molecule has 0 aliphatic heterocycles. The number of aromatic nitrogens is 1. The van der Waals surface area contributed by atoms with Gasteiger partial charge in [0.25, 0.3) is 0 Å². The molecule has 4 rings (SSSR count). The van der Waals surface area contributed by atoms with Gasteiger partial charge in [0.05, 0.1) is 27.2 Å². The summed E-state index contributed by atoms with van der Waals surface area (Å²) in [7, 11) is 0. The molecular formula is C32H25BrCl2F10N2O3. The summed E-state index contributed by atoms with van der Waals surface area (Å²) >= 11 is 13.9. The van der Waals surface area contributed by atoms with Crippen molar-refractivity contribution in [1.29, 1.82) is 5.26 Å². The number of ether oxygens (including phenoxy) is 2. The minimum Gasteiger partial charge on any atom is -0.460 e. The van der Waals surface area contributed by atoms with E-state index in [2.05, 4.69) is 15.9 Å². The van der Waals surface area contributed by atoms with Gasteiger partial charge in [-0.15, -0.1) is 0 Å². The van der Waals surface area contributed by atoms with Gasteiger partial charge >= 0.3 is 18.3 Å². The van der Waals surface area contributed by atoms with E-state index in [1.54, 1.807) is 31.2 Å². The van der Waals surface area contributed by atoms with E-state index in [0.717, 1.165) is 11.5 Å². The standard InChI is InChI=1S/C17H14ClF7O2.C15H11BrClF3N2O/c1-6-11(19)13(21)7(14(22)12(6)20)5-27-15(26)10-8(16(10,2)3)4-9(18)17(23,24)25;1-2-23-8-22-13(9-3-5-10(17)6-4-9)11(7-21)12(16)14(22)15(18,19)20/h4,8,10H,5H2,1-3H3;3-6H,2,8H2,1H3/b9-4-;. The second-order valence-electron chi connectivity index (χ2n) is 11.4. The Labute approximate surface area is 297 Å². The van der Waals surface area contributed by atoms with Crippen LogP contribution in [-0.2, 0) is 33.8 Å². The highest BCUT2D eigenvalue weighted by Crippen LogP contribution is 2.60. The van der Waals surface area contributed by atoms with Gasteiger partial charge in [-0.05, 0) is 58.8 Å². The van der Waals surface area contributed by atoms with Gasteiger partial charge in [0.15, 0.2) is 23.3 Å². The summed E-state index contributed by atoms with van der Waals surface area (Å²) in [4.78, 5) is 12.1. The number of carbonyl (C=O) groups is 1. The van der Waals surface area contributed by atoms with E-state index >= 15 is 0 Å². The Morgan fingerprint density at radius 3 is 2.04 bits per heavy atom. The molecule has 0 spiro atoms. The number of hydrogen-bond donors (Lipinski definition) is 0. The van der Waals surface area contributed by atoms with Gasteiger partial charge in [0.1, 0.15) is 30.1 Å². The summed E-state index contributed by atoms with van der Waals surface area (Å²) in [5.74, 6) is -9.68. The van der Waals surface area contributed by atoms with Gasteiger partial charge in [-0.25, -0.2) is 17.6 Å². The van der Waals surface area contributed by atoms with Crippen molar-refractivity contribution in [2.75, 3.05) is 6.61 Å². The number of benzene rings is 2. The van der Waals surface area contributed by atoms with Crippen LogP contribution in [0.2, 0.25) is 5.02 Å². The Bertz CT molecular complexity index is 1800. The van der Waals surface area contributed by atoms with Crippen LogP contribution in [0.25, 0.3) is 11.3 Å². The van der Waals surface area contributed by atoms with Gasteiger partial charge in [-0.2, -0.15) is 31.6 Å². The van der Waals surface area contributed by atoms with Gasteiger partial charge in [-0.1, -0.05) is 55.3 Å². The smallest absolute Gasteiger partial charge is 0.432 e. The molecule has 50 heavy (non-hydrogen) atoms. The van der Waals surface area contributed by atoms with E-state index < -0.39 is 87.3 Å². The highest BCUT2D eigenvalue weighted by atomic mass is 79.9. The average molecular weight is 826 g/mol. The van der Waals surface area contributed by atoms with Crippen molar-refractivity contribution in [3.05, 3.63) is 90.5 Å². The number of hydrogen-bond acceptors (Lipinski definition) is 4. The number of esters is 1. The Balaban J connectivity index is 0.000000274. The molecule has 1 fully saturated rings. The van der Waals surface area contributed by atoms with E-state index in [4.69, 9.17) is 32.7 Å². The fraction of sp³-hybridized carbons (Fsp3) is 0.375. The lowest BCUT2D eigenvalue weighted by Crippen LogP contribution is -2.16. The largest absolute Gasteiger partial charge is 0.460 e. The second-order valence-corrected chi connectivity index (χ2v) is 13.0. The first-order valence-electron chi connectivity index (χ1n) is 14.2. The average Bonchev–Trinajstić information content (AvgIpc) is 3.43. The first-order valence-corrected chi connectivity index (χ1v) is 15.7. The van der Waals surface area contributed by atoms with Crippen LogP contribution in [-0.4, -0.2) is 23.3 Å². The van der Waals surface area contributed by atoms with Crippen molar-refractivity contribution in [3.8, 4) is 17.3 Å². The normalized spacial score (nSPS) is 17.2. The van der Waals surface area contributed by atoms with Gasteiger partial charge in [0, 0.05) is 17.2 Å². The molecule has 3 aromatic rings. The van der Waals surface area contributed by atoms with E-state index in [9.17, 15) is 54.0 Å². The van der Waals surface area contributed by atoms with Crippen molar-refractivity contribution >= 4 is 45.1 Å². The molecule has 0 radical (unpaired) electrons. The predicted molar refractivity (Wildman–Crippen MR) is 165 cm³/mol. The monoisotopic (exact) mass is 824 g/mol. The first-order chi connectivity index (χ1) is 23.0. The third-order valence-electron chi connectivity index (χ3n) is 7.82. The van der Waals surface area contributed by atoms with Crippen molar-refractivity contribution in [3.63, 3.8) is 0 Å². The van der Waals surface area contributed by atoms with Crippen molar-refractivity contribution in [1.82, 2.24) is 4.57 Å². The SMILES string of the molecule is CCOCn1c(-c2ccc(Cl)cc2)c(C#N)c(Br)c1C(F)(F)F.Cc1c(F)c(F)c(COC(=O)C2C(/C=C(\Cl)C(F)(F)F)C2(C)C)c(F)c1F. The summed E-state index contributed by atoms with van der Waals surface area (Å²) in [6.07, 6.45) is -8.75. The molecule has 0 N–H and O–H groups in total. The summed E-state index contributed by atoms with van der Waals surface area (Å²) in [5.41, 5.74) is -3.40. The van der Waals surface area contributed by atoms with Gasteiger partial charge in [0.2, 0.25) is 0 Å². The number of allylic oxidation sites excluding steroid dienone is 2. The van der Waals surface area contributed by atoms with Gasteiger partial charge < -0.3 is 14.0 Å². The molecule has 2 atom stereocenters. The van der Waals surface area contributed by atoms with E-state index in [1.807, 2.05) is 6.07 Å². The molecule has 1 saturated carbocycles. The lowest BCUT2D eigenvalue weighted by atomic mass is 10.1. The molecule has 0 bridgehead atoms. The third kappa shape index (κ3) is 8.60. The maximum absolute atomic E-state index is 13.8. The minimum atomic E-state index is -4.78. The summed E-state index contributed by atoms with van der Waals surface area (Å²) in [6, 6.07) is 8.06. The Morgan fingerprint density at radius 1 is 1.04 bits per heavy atom. The zero-order valence-corrected chi connectivity index (χ0v) is 29.3. The molecule has 1 aliphatic carbocycles. The molecule has 1 aliphatic rings. The lowest BCUT2D eigenvalue weighted by Gasteiger charge is -2.15. The van der Waals surface area contributed by atoms with Crippen LogP contribution in [0.3, 0.4) is 0 Å². The maximum atomic E-state index is 13.8. The van der Waals surface area contributed by atoms with Crippen LogP contribution in [0.1, 0.15) is 43.2 Å². The highest BCUT2D eigenvalue weighted by Gasteiger charge is 2.62. The summed E-state index contributed by atoms with van der Waals surface area (Å²) in [6.45, 7) is 4.29. The number of carbonyl (C=O) groups excluding carboxylic acids is 1. The topological polar surface area (TPSA) is 64.2 Å². The Morgan fingerprint density at radius 2 is 1.58 bits per heavy atom. The van der Waals surface area contributed by atoms with Crippen LogP contribution in [0.15, 0.2) is 39.8 Å². The van der Waals surface area contributed by atoms with Crippen molar-refractivity contribution < 1.29 is 58.2 Å². The summed E-state index contributed by atoms with van der Waals surface area (Å²) in [5, 5.41) is 8.36.